The average Bonchev–Trinajstić information content (AvgIpc) is 4.26. The van der Waals surface area contributed by atoms with E-state index in [1.807, 2.05) is 0 Å². The molecule has 0 bridgehead atoms. The van der Waals surface area contributed by atoms with Crippen LogP contribution >= 0.6 is 0 Å². The van der Waals surface area contributed by atoms with E-state index in [1.165, 1.54) is 100 Å². The Morgan fingerprint density at radius 3 is 1.09 bits per heavy atom. The van der Waals surface area contributed by atoms with Crippen molar-refractivity contribution in [2.24, 2.45) is 0 Å². The van der Waals surface area contributed by atoms with E-state index in [0.29, 0.717) is 0 Å². The van der Waals surface area contributed by atoms with Crippen molar-refractivity contribution in [1.82, 2.24) is 0 Å². The summed E-state index contributed by atoms with van der Waals surface area (Å²) in [5.74, 6) is 0. The molecule has 2 heteroatoms. The first-order valence-corrected chi connectivity index (χ1v) is 27.2. The Bertz CT molecular complexity index is 4190. The Hall–Kier alpha value is -9.76. The fourth-order valence-electron chi connectivity index (χ4n) is 13.5. The molecule has 3 aliphatic rings. The van der Waals surface area contributed by atoms with E-state index >= 15 is 0 Å². The lowest BCUT2D eigenvalue weighted by Crippen LogP contribution is -2.26. The molecule has 78 heavy (non-hydrogen) atoms. The minimum atomic E-state index is -0.537. The summed E-state index contributed by atoms with van der Waals surface area (Å²) in [5.41, 5.74) is 28.8. The predicted molar refractivity (Wildman–Crippen MR) is 326 cm³/mol. The predicted octanol–water partition coefficient (Wildman–Crippen LogP) is 20.3. The summed E-state index contributed by atoms with van der Waals surface area (Å²) < 4.78 is 0. The zero-order valence-corrected chi connectivity index (χ0v) is 43.6. The van der Waals surface area contributed by atoms with Gasteiger partial charge in [-0.2, -0.15) is 0 Å². The Morgan fingerprint density at radius 1 is 0.218 bits per heavy atom. The van der Waals surface area contributed by atoms with Crippen LogP contribution in [0.1, 0.15) is 47.2 Å². The van der Waals surface area contributed by atoms with Crippen LogP contribution in [0.4, 0.5) is 34.1 Å². The van der Waals surface area contributed by atoms with Gasteiger partial charge in [-0.15, -0.1) is 0 Å². The number of hydrogen-bond donors (Lipinski definition) is 0. The molecule has 368 valence electrons. The molecule has 15 rings (SSSR count). The first-order valence-electron chi connectivity index (χ1n) is 27.2. The normalized spacial score (nSPS) is 14.7. The molecular formula is C76H54N2. The lowest BCUT2D eigenvalue weighted by Gasteiger charge is -2.32. The lowest BCUT2D eigenvalue weighted by atomic mass is 9.70. The Labute approximate surface area is 457 Å². The zero-order chi connectivity index (χ0) is 52.0. The van der Waals surface area contributed by atoms with Crippen LogP contribution in [0.25, 0.3) is 66.8 Å². The summed E-state index contributed by atoms with van der Waals surface area (Å²) in [6.45, 7) is 4.75. The van der Waals surface area contributed by atoms with Gasteiger partial charge in [0.05, 0.1) is 11.1 Å². The van der Waals surface area contributed by atoms with Crippen molar-refractivity contribution in [3.05, 3.63) is 325 Å². The van der Waals surface area contributed by atoms with Gasteiger partial charge < -0.3 is 9.80 Å². The molecule has 12 aromatic carbocycles. The first-order chi connectivity index (χ1) is 38.4. The van der Waals surface area contributed by atoms with Gasteiger partial charge >= 0.3 is 0 Å². The molecule has 1 spiro atoms. The van der Waals surface area contributed by atoms with E-state index in [1.54, 1.807) is 0 Å². The third kappa shape index (κ3) is 6.96. The maximum Gasteiger partial charge on any atom is 0.0725 e. The van der Waals surface area contributed by atoms with Crippen LogP contribution in [0.3, 0.4) is 0 Å². The van der Waals surface area contributed by atoms with Gasteiger partial charge in [-0.25, -0.2) is 0 Å². The van der Waals surface area contributed by atoms with Crippen molar-refractivity contribution in [2.75, 3.05) is 9.80 Å². The number of nitrogens with zero attached hydrogens (tertiary/aromatic N) is 2. The smallest absolute Gasteiger partial charge is 0.0725 e. The maximum absolute atomic E-state index is 2.51. The van der Waals surface area contributed by atoms with Crippen LogP contribution < -0.4 is 9.80 Å². The zero-order valence-electron chi connectivity index (χ0n) is 43.6. The summed E-state index contributed by atoms with van der Waals surface area (Å²) in [5, 5.41) is 0. The van der Waals surface area contributed by atoms with Gasteiger partial charge in [0.1, 0.15) is 0 Å². The molecule has 0 heterocycles. The van der Waals surface area contributed by atoms with Crippen LogP contribution in [-0.2, 0) is 10.8 Å². The molecule has 0 radical (unpaired) electrons. The van der Waals surface area contributed by atoms with Crippen molar-refractivity contribution in [1.29, 1.82) is 0 Å². The standard InChI is InChI=1S/C76H54N2/c1-75(2)68-30-16-12-27-62(68)65-45-42-60(50-73(65)75)78(74-33-19-15-26-61(74)55-24-10-5-11-25-55)59-44-47-72-67(49-59)64-29-14-18-32-70(64)76(72)69-31-17-13-28-63(69)66-48-58(43-46-71(66)76)77(56-38-34-53(35-39-56)51-20-6-3-7-21-51)57-40-36-54(37-41-57)52-22-8-4-9-23-52/h3-50H,1-2H3. The van der Waals surface area contributed by atoms with Gasteiger partial charge in [0.2, 0.25) is 0 Å². The SMILES string of the molecule is CC1(C)c2ccccc2-c2ccc(N(c3ccc4c(c3)-c3ccccc3C43c4ccccc4-c4cc(N(c5ccc(-c6ccccc6)cc5)c5ccc(-c6ccccc6)cc5)ccc43)c3ccccc3-c3ccccc3)cc21. The van der Waals surface area contributed by atoms with Crippen molar-refractivity contribution < 1.29 is 0 Å². The van der Waals surface area contributed by atoms with Crippen LogP contribution in [0, 0.1) is 0 Å². The van der Waals surface area contributed by atoms with Gasteiger partial charge in [-0.3, -0.25) is 0 Å². The molecule has 12 aromatic rings. The van der Waals surface area contributed by atoms with Gasteiger partial charge in [-0.05, 0) is 161 Å². The summed E-state index contributed by atoms with van der Waals surface area (Å²) in [6.07, 6.45) is 0. The minimum absolute atomic E-state index is 0.157. The Kier molecular flexibility index (Phi) is 10.5. The number of hydrogen-bond acceptors (Lipinski definition) is 2. The highest BCUT2D eigenvalue weighted by Crippen LogP contribution is 2.64. The van der Waals surface area contributed by atoms with Crippen molar-refractivity contribution >= 4 is 34.1 Å². The Balaban J connectivity index is 0.902. The molecule has 0 fully saturated rings. The molecule has 0 saturated heterocycles. The van der Waals surface area contributed by atoms with Crippen molar-refractivity contribution in [2.45, 2.75) is 24.7 Å². The number of rotatable bonds is 9. The van der Waals surface area contributed by atoms with E-state index < -0.39 is 5.41 Å². The molecule has 0 aromatic heterocycles. The fourth-order valence-corrected chi connectivity index (χ4v) is 13.5. The molecule has 2 nitrogen and oxygen atoms in total. The highest BCUT2D eigenvalue weighted by atomic mass is 15.1. The molecule has 1 unspecified atom stereocenters. The summed E-state index contributed by atoms with van der Waals surface area (Å²) in [6, 6.07) is 108. The minimum Gasteiger partial charge on any atom is -0.310 e. The van der Waals surface area contributed by atoms with E-state index in [2.05, 4.69) is 315 Å². The van der Waals surface area contributed by atoms with E-state index in [0.717, 1.165) is 34.1 Å². The maximum atomic E-state index is 2.51. The second-order valence-corrected chi connectivity index (χ2v) is 21.6. The quantitative estimate of drug-likeness (QED) is 0.142. The van der Waals surface area contributed by atoms with Crippen LogP contribution in [0.2, 0.25) is 0 Å². The van der Waals surface area contributed by atoms with E-state index in [4.69, 9.17) is 0 Å². The molecule has 1 atom stereocenters. The second kappa shape index (κ2) is 17.9. The highest BCUT2D eigenvalue weighted by molar-refractivity contribution is 5.99. The van der Waals surface area contributed by atoms with Gasteiger partial charge in [-0.1, -0.05) is 238 Å². The van der Waals surface area contributed by atoms with E-state index in [-0.39, 0.29) is 5.41 Å². The summed E-state index contributed by atoms with van der Waals surface area (Å²) in [7, 11) is 0. The van der Waals surface area contributed by atoms with Crippen LogP contribution in [0.5, 0.6) is 0 Å². The van der Waals surface area contributed by atoms with Crippen molar-refractivity contribution in [3.8, 4) is 66.8 Å². The van der Waals surface area contributed by atoms with Crippen LogP contribution in [0.15, 0.2) is 291 Å². The number of fused-ring (bicyclic) bond motifs is 13. The Morgan fingerprint density at radius 2 is 0.564 bits per heavy atom. The molecule has 0 aliphatic heterocycles. The first kappa shape index (κ1) is 45.6. The van der Waals surface area contributed by atoms with E-state index in [9.17, 15) is 0 Å². The highest BCUT2D eigenvalue weighted by Gasteiger charge is 2.52. The average molecular weight is 995 g/mol. The molecule has 0 N–H and O–H groups in total. The topological polar surface area (TPSA) is 6.48 Å². The third-order valence-corrected chi connectivity index (χ3v) is 17.1. The number of benzene rings is 12. The monoisotopic (exact) mass is 994 g/mol. The van der Waals surface area contributed by atoms with Gasteiger partial charge in [0, 0.05) is 39.4 Å². The molecule has 0 amide bonds. The van der Waals surface area contributed by atoms with Crippen LogP contribution in [-0.4, -0.2) is 0 Å². The van der Waals surface area contributed by atoms with Gasteiger partial charge in [0.25, 0.3) is 0 Å². The number of anilines is 6. The number of para-hydroxylation sites is 1. The van der Waals surface area contributed by atoms with Crippen molar-refractivity contribution in [3.63, 3.8) is 0 Å². The second-order valence-electron chi connectivity index (χ2n) is 21.6. The summed E-state index contributed by atoms with van der Waals surface area (Å²) in [4.78, 5) is 4.92. The molecule has 0 saturated carbocycles. The molecular weight excluding hydrogens is 941 g/mol. The largest absolute Gasteiger partial charge is 0.310 e. The molecule has 3 aliphatic carbocycles. The summed E-state index contributed by atoms with van der Waals surface area (Å²) >= 11 is 0. The fraction of sp³-hybridized carbons (Fsp3) is 0.0526. The third-order valence-electron chi connectivity index (χ3n) is 17.1. The van der Waals surface area contributed by atoms with Gasteiger partial charge in [0.15, 0.2) is 0 Å². The lowest BCUT2D eigenvalue weighted by molar-refractivity contribution is 0.660.